The van der Waals surface area contributed by atoms with Crippen molar-refractivity contribution in [2.24, 2.45) is 5.92 Å². The number of carbonyl (C=O) groups is 1. The maximum absolute atomic E-state index is 12.9. The molecule has 0 N–H and O–H groups in total. The second kappa shape index (κ2) is 8.44. The van der Waals surface area contributed by atoms with Gasteiger partial charge < -0.3 is 14.2 Å². The zero-order valence-corrected chi connectivity index (χ0v) is 16.5. The van der Waals surface area contributed by atoms with Crippen LogP contribution in [0.15, 0.2) is 35.5 Å². The van der Waals surface area contributed by atoms with Crippen molar-refractivity contribution in [2.45, 2.75) is 43.9 Å². The van der Waals surface area contributed by atoms with Crippen LogP contribution in [0.4, 0.5) is 0 Å². The third-order valence-corrected chi connectivity index (χ3v) is 6.15. The summed E-state index contributed by atoms with van der Waals surface area (Å²) in [7, 11) is 0. The van der Waals surface area contributed by atoms with Crippen LogP contribution in [0.1, 0.15) is 30.7 Å². The molecular weight excluding hydrogens is 360 g/mol. The van der Waals surface area contributed by atoms with Crippen LogP contribution in [0.2, 0.25) is 0 Å². The van der Waals surface area contributed by atoms with Crippen molar-refractivity contribution < 1.29 is 9.53 Å². The van der Waals surface area contributed by atoms with Crippen LogP contribution in [0, 0.1) is 12.8 Å². The summed E-state index contributed by atoms with van der Waals surface area (Å²) in [6.45, 7) is 5.13. The van der Waals surface area contributed by atoms with Gasteiger partial charge in [-0.1, -0.05) is 42.1 Å². The summed E-state index contributed by atoms with van der Waals surface area (Å²) in [5.74, 6) is 1.98. The van der Waals surface area contributed by atoms with Crippen molar-refractivity contribution in [3.63, 3.8) is 0 Å². The number of carbonyl (C=O) groups excluding carboxylic acids is 1. The van der Waals surface area contributed by atoms with E-state index in [1.54, 1.807) is 0 Å². The van der Waals surface area contributed by atoms with E-state index in [0.29, 0.717) is 17.7 Å². The summed E-state index contributed by atoms with van der Waals surface area (Å²) >= 11 is 1.49. The molecule has 1 aliphatic carbocycles. The molecule has 2 aliphatic rings. The van der Waals surface area contributed by atoms with Gasteiger partial charge in [0.05, 0.1) is 18.9 Å². The van der Waals surface area contributed by atoms with Gasteiger partial charge in [-0.2, -0.15) is 0 Å². The number of aryl methyl sites for hydroxylation is 1. The monoisotopic (exact) mass is 386 g/mol. The fourth-order valence-corrected chi connectivity index (χ4v) is 4.34. The number of hydrogen-bond acceptors (Lipinski definition) is 5. The number of ether oxygens (including phenoxy) is 1. The molecule has 1 atom stereocenters. The van der Waals surface area contributed by atoms with Crippen LogP contribution in [-0.4, -0.2) is 57.1 Å². The lowest BCUT2D eigenvalue weighted by molar-refractivity contribution is -0.129. The van der Waals surface area contributed by atoms with Crippen molar-refractivity contribution in [3.8, 4) is 0 Å². The fourth-order valence-electron chi connectivity index (χ4n) is 3.47. The third kappa shape index (κ3) is 4.71. The highest BCUT2D eigenvalue weighted by Gasteiger charge is 2.34. The number of nitrogens with zero attached hydrogens (tertiary/aromatic N) is 4. The fraction of sp³-hybridized carbons (Fsp3) is 0.550. The molecule has 2 fully saturated rings. The molecule has 144 valence electrons. The number of thioether (sulfide) groups is 1. The lowest BCUT2D eigenvalue weighted by atomic mass is 10.1. The average molecular weight is 387 g/mol. The Labute approximate surface area is 164 Å². The van der Waals surface area contributed by atoms with E-state index in [4.69, 9.17) is 4.74 Å². The molecular formula is C20H26N4O2S. The Morgan fingerprint density at radius 3 is 2.78 bits per heavy atom. The minimum atomic E-state index is 0.210. The van der Waals surface area contributed by atoms with E-state index in [-0.39, 0.29) is 5.91 Å². The molecule has 2 aromatic rings. The van der Waals surface area contributed by atoms with Gasteiger partial charge in [-0.25, -0.2) is 0 Å². The van der Waals surface area contributed by atoms with Crippen molar-refractivity contribution in [3.05, 3.63) is 41.7 Å². The highest BCUT2D eigenvalue weighted by atomic mass is 32.2. The second-order valence-electron chi connectivity index (χ2n) is 7.40. The SMILES string of the molecule is Cc1nnc(SCC(=O)N(CC2CCOC2)C2CC2)n1Cc1ccccc1. The summed E-state index contributed by atoms with van der Waals surface area (Å²) in [4.78, 5) is 14.9. The highest BCUT2D eigenvalue weighted by molar-refractivity contribution is 7.99. The maximum Gasteiger partial charge on any atom is 0.233 e. The van der Waals surface area contributed by atoms with Crippen molar-refractivity contribution in [2.75, 3.05) is 25.5 Å². The standard InChI is InChI=1S/C20H26N4O2S/c1-15-21-22-20(23(15)11-16-5-3-2-4-6-16)27-14-19(25)24(18-7-8-18)12-17-9-10-26-13-17/h2-6,17-18H,7-14H2,1H3. The van der Waals surface area contributed by atoms with Crippen molar-refractivity contribution in [1.82, 2.24) is 19.7 Å². The Kier molecular flexibility index (Phi) is 5.78. The first kappa shape index (κ1) is 18.5. The van der Waals surface area contributed by atoms with Crippen LogP contribution in [0.5, 0.6) is 0 Å². The zero-order valence-electron chi connectivity index (χ0n) is 15.7. The Morgan fingerprint density at radius 2 is 2.07 bits per heavy atom. The first-order valence-electron chi connectivity index (χ1n) is 9.64. The molecule has 1 aromatic carbocycles. The second-order valence-corrected chi connectivity index (χ2v) is 8.34. The van der Waals surface area contributed by atoms with Gasteiger partial charge in [0, 0.05) is 25.1 Å². The van der Waals surface area contributed by atoms with Gasteiger partial charge in [-0.15, -0.1) is 10.2 Å². The van der Waals surface area contributed by atoms with E-state index in [0.717, 1.165) is 56.5 Å². The first-order chi connectivity index (χ1) is 13.2. The summed E-state index contributed by atoms with van der Waals surface area (Å²) in [6.07, 6.45) is 3.33. The molecule has 27 heavy (non-hydrogen) atoms. The van der Waals surface area contributed by atoms with Crippen LogP contribution < -0.4 is 0 Å². The molecule has 0 bridgehead atoms. The summed E-state index contributed by atoms with van der Waals surface area (Å²) in [6, 6.07) is 10.7. The topological polar surface area (TPSA) is 60.3 Å². The van der Waals surface area contributed by atoms with E-state index in [1.807, 2.05) is 25.1 Å². The van der Waals surface area contributed by atoms with Crippen LogP contribution in [0.25, 0.3) is 0 Å². The molecule has 0 spiro atoms. The van der Waals surface area contributed by atoms with Gasteiger partial charge in [0.25, 0.3) is 0 Å². The van der Waals surface area contributed by atoms with Gasteiger partial charge in [0.1, 0.15) is 5.82 Å². The molecule has 6 nitrogen and oxygen atoms in total. The largest absolute Gasteiger partial charge is 0.381 e. The van der Waals surface area contributed by atoms with Crippen LogP contribution >= 0.6 is 11.8 Å². The van der Waals surface area contributed by atoms with Crippen LogP contribution in [-0.2, 0) is 16.1 Å². The molecule has 2 heterocycles. The summed E-state index contributed by atoms with van der Waals surface area (Å²) in [5, 5.41) is 9.32. The third-order valence-electron chi connectivity index (χ3n) is 5.20. The number of amides is 1. The Morgan fingerprint density at radius 1 is 1.26 bits per heavy atom. The Balaban J connectivity index is 1.38. The predicted octanol–water partition coefficient (Wildman–Crippen LogP) is 2.75. The molecule has 1 unspecified atom stereocenters. The number of benzene rings is 1. The molecule has 1 saturated heterocycles. The lowest BCUT2D eigenvalue weighted by Gasteiger charge is -2.25. The Hall–Kier alpha value is -1.86. The Bertz CT molecular complexity index is 770. The summed E-state index contributed by atoms with van der Waals surface area (Å²) in [5.41, 5.74) is 1.20. The summed E-state index contributed by atoms with van der Waals surface area (Å²) < 4.78 is 7.56. The molecule has 4 rings (SSSR count). The minimum absolute atomic E-state index is 0.210. The van der Waals surface area contributed by atoms with Gasteiger partial charge in [0.15, 0.2) is 5.16 Å². The highest BCUT2D eigenvalue weighted by Crippen LogP contribution is 2.30. The van der Waals surface area contributed by atoms with E-state index < -0.39 is 0 Å². The van der Waals surface area contributed by atoms with E-state index in [1.165, 1.54) is 17.3 Å². The van der Waals surface area contributed by atoms with Gasteiger partial charge in [-0.05, 0) is 31.7 Å². The normalized spacial score (nSPS) is 19.4. The molecule has 0 radical (unpaired) electrons. The predicted molar refractivity (Wildman–Crippen MR) is 105 cm³/mol. The lowest BCUT2D eigenvalue weighted by Crippen LogP contribution is -2.38. The number of rotatable bonds is 8. The minimum Gasteiger partial charge on any atom is -0.381 e. The maximum atomic E-state index is 12.9. The molecule has 7 heteroatoms. The van der Waals surface area contributed by atoms with Gasteiger partial charge >= 0.3 is 0 Å². The van der Waals surface area contributed by atoms with Crippen LogP contribution in [0.3, 0.4) is 0 Å². The van der Waals surface area contributed by atoms with Gasteiger partial charge in [-0.3, -0.25) is 4.79 Å². The van der Waals surface area contributed by atoms with Gasteiger partial charge in [0.2, 0.25) is 5.91 Å². The van der Waals surface area contributed by atoms with E-state index >= 15 is 0 Å². The number of aromatic nitrogens is 3. The first-order valence-corrected chi connectivity index (χ1v) is 10.6. The molecule has 1 amide bonds. The quantitative estimate of drug-likeness (QED) is 0.653. The van der Waals surface area contributed by atoms with Crippen molar-refractivity contribution in [1.29, 1.82) is 0 Å². The molecule has 1 aromatic heterocycles. The van der Waals surface area contributed by atoms with Crippen molar-refractivity contribution >= 4 is 17.7 Å². The van der Waals surface area contributed by atoms with E-state index in [2.05, 4.69) is 31.8 Å². The smallest absolute Gasteiger partial charge is 0.233 e. The molecule has 1 aliphatic heterocycles. The molecule has 1 saturated carbocycles. The average Bonchev–Trinajstić information content (AvgIpc) is 3.29. The zero-order chi connectivity index (χ0) is 18.6. The van der Waals surface area contributed by atoms with E-state index in [9.17, 15) is 4.79 Å². The number of hydrogen-bond donors (Lipinski definition) is 0.